The van der Waals surface area contributed by atoms with Gasteiger partial charge in [0.15, 0.2) is 5.66 Å². The smallest absolute Gasteiger partial charge is 0.344 e. The Morgan fingerprint density at radius 3 is 2.41 bits per heavy atom. The molecule has 0 aromatic heterocycles. The molecule has 4 nitrogen and oxygen atoms in total. The van der Waals surface area contributed by atoms with Gasteiger partial charge in [-0.1, -0.05) is 13.8 Å². The Hall–Kier alpha value is -1.58. The number of halogens is 3. The van der Waals surface area contributed by atoms with Crippen molar-refractivity contribution in [2.45, 2.75) is 63.8 Å². The van der Waals surface area contributed by atoms with Gasteiger partial charge in [-0.2, -0.15) is 23.4 Å². The molecule has 2 unspecified atom stereocenters. The number of hydrogen-bond acceptors (Lipinski definition) is 3. The van der Waals surface area contributed by atoms with Crippen LogP contribution in [0.4, 0.5) is 13.2 Å². The number of nitrogens with zero attached hydrogens (tertiary/aromatic N) is 2. The zero-order valence-corrected chi connectivity index (χ0v) is 12.7. The van der Waals surface area contributed by atoms with E-state index in [1.807, 2.05) is 0 Å². The number of rotatable bonds is 7. The van der Waals surface area contributed by atoms with Crippen LogP contribution in [0, 0.1) is 23.7 Å². The SMILES string of the molecule is C#CCCC1(CCC(=O)NC(C2CC2(C)C)C(F)(F)F)N=N1. The molecule has 2 rings (SSSR count). The van der Waals surface area contributed by atoms with Gasteiger partial charge >= 0.3 is 6.18 Å². The van der Waals surface area contributed by atoms with Crippen LogP contribution in [-0.4, -0.2) is 23.8 Å². The molecule has 0 spiro atoms. The molecule has 122 valence electrons. The van der Waals surface area contributed by atoms with Crippen molar-refractivity contribution in [3.05, 3.63) is 0 Å². The third-order valence-corrected chi connectivity index (χ3v) is 4.47. The summed E-state index contributed by atoms with van der Waals surface area (Å²) in [4.78, 5) is 11.9. The van der Waals surface area contributed by atoms with Gasteiger partial charge in [0.1, 0.15) is 6.04 Å². The first-order valence-electron chi connectivity index (χ1n) is 7.33. The first kappa shape index (κ1) is 16.8. The summed E-state index contributed by atoms with van der Waals surface area (Å²) < 4.78 is 39.3. The molecule has 2 aliphatic rings. The zero-order chi connectivity index (χ0) is 16.6. The molecule has 2 atom stereocenters. The number of carbonyl (C=O) groups excluding carboxylic acids is 1. The Morgan fingerprint density at radius 2 is 2.00 bits per heavy atom. The molecule has 1 N–H and O–H groups in total. The lowest BCUT2D eigenvalue weighted by molar-refractivity contribution is -0.167. The zero-order valence-electron chi connectivity index (χ0n) is 12.7. The molecule has 7 heteroatoms. The first-order valence-corrected chi connectivity index (χ1v) is 7.33. The second-order valence-electron chi connectivity index (χ2n) is 6.77. The number of alkyl halides is 3. The predicted molar refractivity (Wildman–Crippen MR) is 74.8 cm³/mol. The van der Waals surface area contributed by atoms with Gasteiger partial charge in [-0.15, -0.1) is 12.3 Å². The Kier molecular flexibility index (Phi) is 4.24. The van der Waals surface area contributed by atoms with Crippen LogP contribution >= 0.6 is 0 Å². The van der Waals surface area contributed by atoms with E-state index in [1.165, 1.54) is 0 Å². The van der Waals surface area contributed by atoms with Crippen molar-refractivity contribution < 1.29 is 18.0 Å². The molecule has 1 fully saturated rings. The van der Waals surface area contributed by atoms with Crippen LogP contribution in [0.5, 0.6) is 0 Å². The van der Waals surface area contributed by atoms with E-state index < -0.39 is 29.7 Å². The lowest BCUT2D eigenvalue weighted by atomic mass is 10.0. The molecular weight excluding hydrogens is 295 g/mol. The van der Waals surface area contributed by atoms with Crippen LogP contribution in [0.3, 0.4) is 0 Å². The van der Waals surface area contributed by atoms with E-state index in [4.69, 9.17) is 6.42 Å². The molecule has 1 amide bonds. The molecule has 1 heterocycles. The van der Waals surface area contributed by atoms with E-state index in [9.17, 15) is 18.0 Å². The lowest BCUT2D eigenvalue weighted by Gasteiger charge is -2.23. The van der Waals surface area contributed by atoms with Gasteiger partial charge < -0.3 is 5.32 Å². The van der Waals surface area contributed by atoms with Crippen molar-refractivity contribution in [3.63, 3.8) is 0 Å². The maximum Gasteiger partial charge on any atom is 0.408 e. The number of terminal acetylenes is 1. The molecule has 1 aliphatic carbocycles. The van der Waals surface area contributed by atoms with Crippen molar-refractivity contribution in [1.82, 2.24) is 5.32 Å². The summed E-state index contributed by atoms with van der Waals surface area (Å²) in [6, 6.07) is -1.77. The molecule has 22 heavy (non-hydrogen) atoms. The fourth-order valence-corrected chi connectivity index (χ4v) is 2.71. The third-order valence-electron chi connectivity index (χ3n) is 4.47. The van der Waals surface area contributed by atoms with E-state index >= 15 is 0 Å². The van der Waals surface area contributed by atoms with Crippen LogP contribution in [-0.2, 0) is 4.79 Å². The Bertz CT molecular complexity index is 513. The van der Waals surface area contributed by atoms with Crippen molar-refractivity contribution >= 4 is 5.91 Å². The minimum atomic E-state index is -4.43. The molecule has 1 aliphatic heterocycles. The van der Waals surface area contributed by atoms with Gasteiger partial charge in [-0.3, -0.25) is 4.79 Å². The summed E-state index contributed by atoms with van der Waals surface area (Å²) in [5.41, 5.74) is -1.01. The van der Waals surface area contributed by atoms with Gasteiger partial charge in [0, 0.05) is 25.7 Å². The summed E-state index contributed by atoms with van der Waals surface area (Å²) in [6.07, 6.45) is 2.49. The number of hydrogen-bond donors (Lipinski definition) is 1. The monoisotopic (exact) mass is 315 g/mol. The highest BCUT2D eigenvalue weighted by Gasteiger charge is 2.59. The summed E-state index contributed by atoms with van der Waals surface area (Å²) in [5.74, 6) is 1.30. The molecular formula is C15H20F3N3O. The van der Waals surface area contributed by atoms with Gasteiger partial charge in [-0.25, -0.2) is 0 Å². The maximum atomic E-state index is 13.1. The average molecular weight is 315 g/mol. The fraction of sp³-hybridized carbons (Fsp3) is 0.800. The Morgan fingerprint density at radius 1 is 1.41 bits per heavy atom. The summed E-state index contributed by atoms with van der Waals surface area (Å²) in [7, 11) is 0. The maximum absolute atomic E-state index is 13.1. The minimum absolute atomic E-state index is 0.0305. The van der Waals surface area contributed by atoms with E-state index in [0.717, 1.165) is 0 Å². The van der Waals surface area contributed by atoms with E-state index in [0.29, 0.717) is 25.7 Å². The Labute approximate surface area is 127 Å². The van der Waals surface area contributed by atoms with Crippen LogP contribution in [0.2, 0.25) is 0 Å². The number of nitrogens with one attached hydrogen (secondary N) is 1. The van der Waals surface area contributed by atoms with Crippen molar-refractivity contribution in [2.75, 3.05) is 0 Å². The summed E-state index contributed by atoms with van der Waals surface area (Å²) in [6.45, 7) is 3.55. The largest absolute Gasteiger partial charge is 0.408 e. The van der Waals surface area contributed by atoms with Gasteiger partial charge in [0.2, 0.25) is 5.91 Å². The topological polar surface area (TPSA) is 53.8 Å². The fourth-order valence-electron chi connectivity index (χ4n) is 2.71. The van der Waals surface area contributed by atoms with Crippen molar-refractivity contribution in [2.24, 2.45) is 21.6 Å². The second kappa shape index (κ2) is 5.56. The van der Waals surface area contributed by atoms with Gasteiger partial charge in [0.25, 0.3) is 0 Å². The van der Waals surface area contributed by atoms with Crippen molar-refractivity contribution in [3.8, 4) is 12.3 Å². The van der Waals surface area contributed by atoms with Gasteiger partial charge in [-0.05, 0) is 17.8 Å². The predicted octanol–water partition coefficient (Wildman–Crippen LogP) is 3.44. The average Bonchev–Trinajstić information content (AvgIpc) is 3.29. The van der Waals surface area contributed by atoms with E-state index in [1.54, 1.807) is 13.8 Å². The molecule has 0 bridgehead atoms. The number of carbonyl (C=O) groups is 1. The van der Waals surface area contributed by atoms with Crippen LogP contribution < -0.4 is 5.32 Å². The van der Waals surface area contributed by atoms with Gasteiger partial charge in [0.05, 0.1) is 0 Å². The standard InChI is InChI=1S/C15H20F3N3O/c1-4-5-7-14(20-21-14)8-6-11(22)19-12(15(16,17)18)10-9-13(10,2)3/h1,10,12H,5-9H2,2-3H3,(H,19,22). The molecule has 0 saturated heterocycles. The molecule has 0 aromatic rings. The third kappa shape index (κ3) is 3.99. The quantitative estimate of drug-likeness (QED) is 0.719. The normalized spacial score (nSPS) is 25.2. The highest BCUT2D eigenvalue weighted by atomic mass is 19.4. The Balaban J connectivity index is 1.84. The van der Waals surface area contributed by atoms with Crippen molar-refractivity contribution in [1.29, 1.82) is 0 Å². The molecule has 0 radical (unpaired) electrons. The van der Waals surface area contributed by atoms with Crippen LogP contribution in [0.25, 0.3) is 0 Å². The second-order valence-corrected chi connectivity index (χ2v) is 6.77. The van der Waals surface area contributed by atoms with Crippen LogP contribution in [0.15, 0.2) is 10.2 Å². The van der Waals surface area contributed by atoms with E-state index in [2.05, 4.69) is 21.5 Å². The number of amides is 1. The summed E-state index contributed by atoms with van der Waals surface area (Å²) >= 11 is 0. The highest BCUT2D eigenvalue weighted by Crippen LogP contribution is 2.56. The lowest BCUT2D eigenvalue weighted by Crippen LogP contribution is -2.48. The van der Waals surface area contributed by atoms with E-state index in [-0.39, 0.29) is 11.8 Å². The van der Waals surface area contributed by atoms with Crippen LogP contribution in [0.1, 0.15) is 46.0 Å². The minimum Gasteiger partial charge on any atom is -0.344 e. The molecule has 0 aromatic carbocycles. The first-order chi connectivity index (χ1) is 10.1. The molecule has 1 saturated carbocycles. The summed E-state index contributed by atoms with van der Waals surface area (Å²) in [5, 5.41) is 9.88. The highest BCUT2D eigenvalue weighted by molar-refractivity contribution is 5.76.